The van der Waals surface area contributed by atoms with Gasteiger partial charge in [-0.1, -0.05) is 0 Å². The van der Waals surface area contributed by atoms with Gasteiger partial charge in [-0.15, -0.1) is 0 Å². The molecule has 1 N–H and O–H groups in total. The molecule has 0 unspecified atom stereocenters. The van der Waals surface area contributed by atoms with Crippen molar-refractivity contribution >= 4 is 16.7 Å². The van der Waals surface area contributed by atoms with Crippen molar-refractivity contribution in [3.8, 4) is 22.5 Å². The molecule has 5 heterocycles. The Hall–Kier alpha value is -3.19. The molecule has 154 valence electrons. The highest BCUT2D eigenvalue weighted by atomic mass is 16.5. The minimum Gasteiger partial charge on any atom is -0.377 e. The zero-order chi connectivity index (χ0) is 20.8. The smallest absolute Gasteiger partial charge is 0.130 e. The summed E-state index contributed by atoms with van der Waals surface area (Å²) in [7, 11) is 2.11. The highest BCUT2D eigenvalue weighted by Gasteiger charge is 2.24. The maximum atomic E-state index is 5.66. The molecule has 1 atom stereocenters. The normalized spacial score (nSPS) is 17.1. The zero-order valence-electron chi connectivity index (χ0n) is 17.8. The Bertz CT molecular complexity index is 1210. The van der Waals surface area contributed by atoms with Crippen molar-refractivity contribution < 1.29 is 4.74 Å². The lowest BCUT2D eigenvalue weighted by molar-refractivity contribution is 0.0986. The van der Waals surface area contributed by atoms with Crippen LogP contribution in [0.3, 0.4) is 0 Å². The number of hydrogen-bond acceptors (Lipinski definition) is 5. The van der Waals surface area contributed by atoms with E-state index in [2.05, 4.69) is 70.7 Å². The first-order valence-corrected chi connectivity index (χ1v) is 10.3. The first-order chi connectivity index (χ1) is 14.5. The Kier molecular flexibility index (Phi) is 4.55. The quantitative estimate of drug-likeness (QED) is 0.563. The van der Waals surface area contributed by atoms with E-state index in [1.807, 2.05) is 12.3 Å². The Balaban J connectivity index is 1.81. The number of aryl methyl sites for hydroxylation is 1. The number of rotatable bonds is 3. The van der Waals surface area contributed by atoms with Gasteiger partial charge in [0.15, 0.2) is 0 Å². The Morgan fingerprint density at radius 2 is 2.00 bits per heavy atom. The number of aromatic amines is 1. The number of pyridine rings is 2. The summed E-state index contributed by atoms with van der Waals surface area (Å²) < 4.78 is 7.89. The van der Waals surface area contributed by atoms with Crippen molar-refractivity contribution in [3.05, 3.63) is 48.0 Å². The maximum absolute atomic E-state index is 5.66. The van der Waals surface area contributed by atoms with Crippen molar-refractivity contribution in [2.45, 2.75) is 26.8 Å². The molecule has 1 saturated heterocycles. The van der Waals surface area contributed by atoms with Crippen LogP contribution in [-0.4, -0.2) is 50.5 Å². The third kappa shape index (κ3) is 2.97. The molecule has 7 heteroatoms. The van der Waals surface area contributed by atoms with Crippen molar-refractivity contribution in [1.82, 2.24) is 24.7 Å². The molecule has 0 amide bonds. The molecule has 7 nitrogen and oxygen atoms in total. The lowest BCUT2D eigenvalue weighted by atomic mass is 10.00. The molecule has 0 radical (unpaired) electrons. The number of H-pyrrole nitrogens is 1. The van der Waals surface area contributed by atoms with Crippen LogP contribution >= 0.6 is 0 Å². The number of morpholine rings is 1. The van der Waals surface area contributed by atoms with Crippen LogP contribution in [0.15, 0.2) is 36.7 Å². The van der Waals surface area contributed by atoms with E-state index < -0.39 is 0 Å². The molecule has 4 aromatic rings. The van der Waals surface area contributed by atoms with Crippen molar-refractivity contribution in [1.29, 1.82) is 0 Å². The summed E-state index contributed by atoms with van der Waals surface area (Å²) in [6.07, 6.45) is 3.60. The minimum absolute atomic E-state index is 0.266. The fourth-order valence-corrected chi connectivity index (χ4v) is 4.29. The van der Waals surface area contributed by atoms with E-state index in [1.165, 1.54) is 22.5 Å². The lowest BCUT2D eigenvalue weighted by Gasteiger charge is -2.34. The van der Waals surface area contributed by atoms with Gasteiger partial charge in [0.25, 0.3) is 0 Å². The van der Waals surface area contributed by atoms with E-state index in [1.54, 1.807) is 6.20 Å². The predicted octanol–water partition coefficient (Wildman–Crippen LogP) is 3.87. The summed E-state index contributed by atoms with van der Waals surface area (Å²) in [4.78, 5) is 12.1. The summed E-state index contributed by atoms with van der Waals surface area (Å²) >= 11 is 0. The molecule has 0 aliphatic carbocycles. The minimum atomic E-state index is 0.266. The summed E-state index contributed by atoms with van der Waals surface area (Å²) in [5.74, 6) is 0.961. The van der Waals surface area contributed by atoms with Gasteiger partial charge in [-0.25, -0.2) is 4.98 Å². The second kappa shape index (κ2) is 7.25. The van der Waals surface area contributed by atoms with Crippen LogP contribution in [0.4, 0.5) is 5.82 Å². The summed E-state index contributed by atoms with van der Waals surface area (Å²) in [5.41, 5.74) is 7.45. The molecular weight excluding hydrogens is 376 g/mol. The van der Waals surface area contributed by atoms with Gasteiger partial charge in [0.1, 0.15) is 17.0 Å². The van der Waals surface area contributed by atoms with Gasteiger partial charge >= 0.3 is 0 Å². The second-order valence-corrected chi connectivity index (χ2v) is 8.02. The van der Waals surface area contributed by atoms with Crippen LogP contribution in [0.1, 0.15) is 18.3 Å². The summed E-state index contributed by atoms with van der Waals surface area (Å²) in [6.45, 7) is 8.74. The van der Waals surface area contributed by atoms with Gasteiger partial charge in [0, 0.05) is 48.3 Å². The SMILES string of the molecule is Cc1cc(-c2cc(N3CCOC[C@H]3C)nc3c(-c4ccn[nH]4)nccc23)c(C)n1C. The Morgan fingerprint density at radius 1 is 1.13 bits per heavy atom. The second-order valence-electron chi connectivity index (χ2n) is 8.02. The van der Waals surface area contributed by atoms with E-state index in [9.17, 15) is 0 Å². The zero-order valence-corrected chi connectivity index (χ0v) is 17.8. The van der Waals surface area contributed by atoms with Gasteiger partial charge in [-0.3, -0.25) is 10.1 Å². The fraction of sp³-hybridized carbons (Fsp3) is 0.348. The average Bonchev–Trinajstić information content (AvgIpc) is 3.38. The van der Waals surface area contributed by atoms with Crippen LogP contribution in [0.2, 0.25) is 0 Å². The molecule has 0 spiro atoms. The number of aromatic nitrogens is 5. The molecule has 5 rings (SSSR count). The molecule has 1 aliphatic rings. The van der Waals surface area contributed by atoms with Crippen LogP contribution < -0.4 is 4.90 Å². The van der Waals surface area contributed by atoms with Crippen molar-refractivity contribution in [3.63, 3.8) is 0 Å². The number of anilines is 1. The number of ether oxygens (including phenoxy) is 1. The van der Waals surface area contributed by atoms with E-state index in [0.29, 0.717) is 13.2 Å². The van der Waals surface area contributed by atoms with Crippen LogP contribution in [0.5, 0.6) is 0 Å². The third-order valence-corrected chi connectivity index (χ3v) is 6.20. The highest BCUT2D eigenvalue weighted by Crippen LogP contribution is 2.37. The van der Waals surface area contributed by atoms with Crippen LogP contribution in [0, 0.1) is 13.8 Å². The summed E-state index contributed by atoms with van der Waals surface area (Å²) in [6, 6.07) is 8.74. The predicted molar refractivity (Wildman–Crippen MR) is 119 cm³/mol. The van der Waals surface area contributed by atoms with Crippen LogP contribution in [0.25, 0.3) is 33.4 Å². The van der Waals surface area contributed by atoms with Gasteiger partial charge in [0.2, 0.25) is 0 Å². The van der Waals surface area contributed by atoms with Crippen molar-refractivity contribution in [2.75, 3.05) is 24.7 Å². The number of fused-ring (bicyclic) bond motifs is 1. The van der Waals surface area contributed by atoms with Gasteiger partial charge in [-0.05, 0) is 50.6 Å². The standard InChI is InChI=1S/C23H26N6O/c1-14-11-18(16(3)28(14)4)19-12-21(29-9-10-30-13-15(29)2)26-22-17(19)5-7-24-23(22)20-6-8-25-27-20/h5-8,11-12,15H,9-10,13H2,1-4H3,(H,25,27)/t15-/m1/s1. The van der Waals surface area contributed by atoms with E-state index >= 15 is 0 Å². The maximum Gasteiger partial charge on any atom is 0.130 e. The molecular formula is C23H26N6O. The fourth-order valence-electron chi connectivity index (χ4n) is 4.29. The Morgan fingerprint density at radius 3 is 2.70 bits per heavy atom. The third-order valence-electron chi connectivity index (χ3n) is 6.20. The number of nitrogens with zero attached hydrogens (tertiary/aromatic N) is 5. The average molecular weight is 403 g/mol. The molecule has 1 aliphatic heterocycles. The van der Waals surface area contributed by atoms with Gasteiger partial charge < -0.3 is 14.2 Å². The molecule has 4 aromatic heterocycles. The molecule has 0 saturated carbocycles. The highest BCUT2D eigenvalue weighted by molar-refractivity contribution is 6.02. The van der Waals surface area contributed by atoms with E-state index in [-0.39, 0.29) is 6.04 Å². The number of hydrogen-bond donors (Lipinski definition) is 1. The topological polar surface area (TPSA) is 71.9 Å². The lowest BCUT2D eigenvalue weighted by Crippen LogP contribution is -2.44. The molecule has 1 fully saturated rings. The molecule has 30 heavy (non-hydrogen) atoms. The number of nitrogens with one attached hydrogen (secondary N) is 1. The first kappa shape index (κ1) is 18.8. The summed E-state index contributed by atoms with van der Waals surface area (Å²) in [5, 5.41) is 8.25. The van der Waals surface area contributed by atoms with Crippen LogP contribution in [-0.2, 0) is 11.8 Å². The monoisotopic (exact) mass is 402 g/mol. The van der Waals surface area contributed by atoms with E-state index in [4.69, 9.17) is 9.72 Å². The van der Waals surface area contributed by atoms with E-state index in [0.717, 1.165) is 34.7 Å². The van der Waals surface area contributed by atoms with Gasteiger partial charge in [0.05, 0.1) is 24.9 Å². The largest absolute Gasteiger partial charge is 0.377 e. The first-order valence-electron chi connectivity index (χ1n) is 10.3. The molecule has 0 bridgehead atoms. The Labute approximate surface area is 175 Å². The van der Waals surface area contributed by atoms with Crippen molar-refractivity contribution in [2.24, 2.45) is 7.05 Å². The van der Waals surface area contributed by atoms with Gasteiger partial charge in [-0.2, -0.15) is 5.10 Å². The molecule has 0 aromatic carbocycles.